The van der Waals surface area contributed by atoms with Crippen LogP contribution in [0.4, 0.5) is 11.6 Å². The average Bonchev–Trinajstić information content (AvgIpc) is 3.41. The Morgan fingerprint density at radius 2 is 2.06 bits per heavy atom. The van der Waals surface area contributed by atoms with Gasteiger partial charge in [-0.2, -0.15) is 0 Å². The summed E-state index contributed by atoms with van der Waals surface area (Å²) in [7, 11) is 0. The maximum Gasteiger partial charge on any atom is 0.237 e. The molecule has 3 heterocycles. The first-order valence-corrected chi connectivity index (χ1v) is 12.2. The minimum atomic E-state index is -0.421. The van der Waals surface area contributed by atoms with E-state index in [0.29, 0.717) is 33.4 Å². The SMILES string of the molecule is CC1CCN(c2nnc(SC(C)C(=O)Nc3ccc(Cl)cc3Cl)n2Cc2ccco2)CC1. The van der Waals surface area contributed by atoms with Crippen LogP contribution >= 0.6 is 35.0 Å². The fourth-order valence-corrected chi connectivity index (χ4v) is 4.84. The fraction of sp³-hybridized carbons (Fsp3) is 0.409. The van der Waals surface area contributed by atoms with E-state index in [4.69, 9.17) is 27.6 Å². The number of carbonyl (C=O) groups is 1. The van der Waals surface area contributed by atoms with E-state index in [1.807, 2.05) is 23.6 Å². The van der Waals surface area contributed by atoms with E-state index < -0.39 is 5.25 Å². The molecule has 1 atom stereocenters. The van der Waals surface area contributed by atoms with Crippen molar-refractivity contribution >= 4 is 52.5 Å². The minimum Gasteiger partial charge on any atom is -0.467 e. The van der Waals surface area contributed by atoms with Crippen molar-refractivity contribution in [2.45, 2.75) is 43.6 Å². The molecule has 0 saturated carbocycles. The summed E-state index contributed by atoms with van der Waals surface area (Å²) in [5.74, 6) is 2.15. The van der Waals surface area contributed by atoms with Crippen LogP contribution in [0.15, 0.2) is 46.2 Å². The van der Waals surface area contributed by atoms with Gasteiger partial charge >= 0.3 is 0 Å². The van der Waals surface area contributed by atoms with Crippen molar-refractivity contribution in [1.29, 1.82) is 0 Å². The third kappa shape index (κ3) is 5.42. The quantitative estimate of drug-likeness (QED) is 0.432. The number of anilines is 2. The van der Waals surface area contributed by atoms with Gasteiger partial charge in [-0.15, -0.1) is 10.2 Å². The second kappa shape index (κ2) is 10.2. The molecule has 4 rings (SSSR count). The lowest BCUT2D eigenvalue weighted by Gasteiger charge is -2.31. The summed E-state index contributed by atoms with van der Waals surface area (Å²) in [6, 6.07) is 8.76. The number of piperidine rings is 1. The Morgan fingerprint density at radius 1 is 1.28 bits per heavy atom. The standard InChI is InChI=1S/C22H25Cl2N5O2S/c1-14-7-9-28(10-8-14)21-26-27-22(29(21)13-17-4-3-11-31-17)32-15(2)20(30)25-19-6-5-16(23)12-18(19)24/h3-6,11-12,14-15H,7-10,13H2,1-2H3,(H,25,30). The number of hydrogen-bond donors (Lipinski definition) is 1. The van der Waals surface area contributed by atoms with Gasteiger partial charge in [-0.3, -0.25) is 9.36 Å². The Kier molecular flexibility index (Phi) is 7.33. The van der Waals surface area contributed by atoms with Gasteiger partial charge in [-0.1, -0.05) is 41.9 Å². The van der Waals surface area contributed by atoms with E-state index in [9.17, 15) is 4.79 Å². The van der Waals surface area contributed by atoms with Crippen LogP contribution in [0, 0.1) is 5.92 Å². The summed E-state index contributed by atoms with van der Waals surface area (Å²) < 4.78 is 7.59. The lowest BCUT2D eigenvalue weighted by atomic mass is 10.00. The van der Waals surface area contributed by atoms with Gasteiger partial charge in [0.1, 0.15) is 5.76 Å². The molecule has 1 aliphatic heterocycles. The Hall–Kier alpha value is -2.16. The molecule has 2 aromatic heterocycles. The molecule has 10 heteroatoms. The van der Waals surface area contributed by atoms with Crippen LogP contribution in [0.1, 0.15) is 32.4 Å². The molecule has 1 aromatic carbocycles. The smallest absolute Gasteiger partial charge is 0.237 e. The van der Waals surface area contributed by atoms with Crippen LogP contribution in [-0.2, 0) is 11.3 Å². The Labute approximate surface area is 201 Å². The first kappa shape index (κ1) is 23.0. The molecule has 1 saturated heterocycles. The van der Waals surface area contributed by atoms with Crippen molar-refractivity contribution < 1.29 is 9.21 Å². The highest BCUT2D eigenvalue weighted by atomic mass is 35.5. The van der Waals surface area contributed by atoms with Gasteiger partial charge in [0.05, 0.1) is 28.8 Å². The molecule has 3 aromatic rings. The van der Waals surface area contributed by atoms with Gasteiger partial charge in [0.15, 0.2) is 5.16 Å². The highest BCUT2D eigenvalue weighted by molar-refractivity contribution is 8.00. The molecule has 7 nitrogen and oxygen atoms in total. The second-order valence-electron chi connectivity index (χ2n) is 7.99. The van der Waals surface area contributed by atoms with Crippen molar-refractivity contribution in [2.24, 2.45) is 5.92 Å². The lowest BCUT2D eigenvalue weighted by molar-refractivity contribution is -0.115. The monoisotopic (exact) mass is 493 g/mol. The van der Waals surface area contributed by atoms with Gasteiger partial charge in [-0.05, 0) is 56.0 Å². The Morgan fingerprint density at radius 3 is 2.75 bits per heavy atom. The number of thioether (sulfide) groups is 1. The van der Waals surface area contributed by atoms with Crippen LogP contribution in [0.2, 0.25) is 10.0 Å². The number of amides is 1. The number of nitrogens with one attached hydrogen (secondary N) is 1. The molecule has 1 fully saturated rings. The largest absolute Gasteiger partial charge is 0.467 e. The number of carbonyl (C=O) groups excluding carboxylic acids is 1. The number of furan rings is 1. The second-order valence-corrected chi connectivity index (χ2v) is 10.1. The number of rotatable bonds is 7. The van der Waals surface area contributed by atoms with E-state index in [2.05, 4.69) is 27.3 Å². The number of benzene rings is 1. The highest BCUT2D eigenvalue weighted by Crippen LogP contribution is 2.31. The molecule has 170 valence electrons. The summed E-state index contributed by atoms with van der Waals surface area (Å²) in [6.07, 6.45) is 3.90. The number of hydrogen-bond acceptors (Lipinski definition) is 6. The zero-order valence-corrected chi connectivity index (χ0v) is 20.3. The van der Waals surface area contributed by atoms with Gasteiger partial charge in [-0.25, -0.2) is 0 Å². The fourth-order valence-electron chi connectivity index (χ4n) is 3.54. The van der Waals surface area contributed by atoms with Crippen molar-refractivity contribution in [1.82, 2.24) is 14.8 Å². The molecule has 0 bridgehead atoms. The highest BCUT2D eigenvalue weighted by Gasteiger charge is 2.26. The van der Waals surface area contributed by atoms with E-state index in [1.54, 1.807) is 24.5 Å². The number of halogens is 2. The van der Waals surface area contributed by atoms with E-state index in [-0.39, 0.29) is 5.91 Å². The predicted molar refractivity (Wildman–Crippen MR) is 129 cm³/mol. The molecule has 1 unspecified atom stereocenters. The molecule has 0 aliphatic carbocycles. The zero-order chi connectivity index (χ0) is 22.7. The third-order valence-electron chi connectivity index (χ3n) is 5.50. The predicted octanol–water partition coefficient (Wildman–Crippen LogP) is 5.58. The van der Waals surface area contributed by atoms with E-state index in [0.717, 1.165) is 37.6 Å². The molecule has 0 radical (unpaired) electrons. The molecule has 0 spiro atoms. The van der Waals surface area contributed by atoms with Crippen LogP contribution in [0.3, 0.4) is 0 Å². The summed E-state index contributed by atoms with van der Waals surface area (Å²) in [4.78, 5) is 15.1. The van der Waals surface area contributed by atoms with Crippen LogP contribution < -0.4 is 10.2 Å². The topological polar surface area (TPSA) is 76.2 Å². The van der Waals surface area contributed by atoms with Crippen LogP contribution in [0.5, 0.6) is 0 Å². The normalized spacial score (nSPS) is 15.7. The molecule has 1 N–H and O–H groups in total. The number of nitrogens with zero attached hydrogens (tertiary/aromatic N) is 4. The van der Waals surface area contributed by atoms with Gasteiger partial charge in [0, 0.05) is 18.1 Å². The zero-order valence-electron chi connectivity index (χ0n) is 17.9. The molecule has 32 heavy (non-hydrogen) atoms. The summed E-state index contributed by atoms with van der Waals surface area (Å²) >= 11 is 13.5. The summed E-state index contributed by atoms with van der Waals surface area (Å²) in [5.41, 5.74) is 0.522. The molecular weight excluding hydrogens is 469 g/mol. The van der Waals surface area contributed by atoms with Crippen LogP contribution in [-0.4, -0.2) is 39.0 Å². The first-order chi connectivity index (χ1) is 15.4. The maximum absolute atomic E-state index is 12.8. The van der Waals surface area contributed by atoms with Crippen molar-refractivity contribution in [3.05, 3.63) is 52.4 Å². The molecule has 1 amide bonds. The van der Waals surface area contributed by atoms with Crippen LogP contribution in [0.25, 0.3) is 0 Å². The van der Waals surface area contributed by atoms with Crippen molar-refractivity contribution in [3.63, 3.8) is 0 Å². The summed E-state index contributed by atoms with van der Waals surface area (Å²) in [5, 5.41) is 12.9. The maximum atomic E-state index is 12.8. The van der Waals surface area contributed by atoms with Gasteiger partial charge in [0.2, 0.25) is 11.9 Å². The molecule has 1 aliphatic rings. The van der Waals surface area contributed by atoms with Gasteiger partial charge in [0.25, 0.3) is 0 Å². The minimum absolute atomic E-state index is 0.180. The number of aromatic nitrogens is 3. The van der Waals surface area contributed by atoms with Crippen molar-refractivity contribution in [3.8, 4) is 0 Å². The average molecular weight is 494 g/mol. The third-order valence-corrected chi connectivity index (χ3v) is 7.13. The Balaban J connectivity index is 1.52. The van der Waals surface area contributed by atoms with Gasteiger partial charge < -0.3 is 14.6 Å². The summed E-state index contributed by atoms with van der Waals surface area (Å²) in [6.45, 7) is 6.49. The van der Waals surface area contributed by atoms with E-state index in [1.165, 1.54) is 11.8 Å². The lowest BCUT2D eigenvalue weighted by Crippen LogP contribution is -2.35. The molecular formula is C22H25Cl2N5O2S. The van der Waals surface area contributed by atoms with E-state index >= 15 is 0 Å². The Bertz CT molecular complexity index is 1060. The van der Waals surface area contributed by atoms with Crippen molar-refractivity contribution in [2.75, 3.05) is 23.3 Å². The first-order valence-electron chi connectivity index (χ1n) is 10.5.